The zero-order chi connectivity index (χ0) is 22.9. The van der Waals surface area contributed by atoms with E-state index in [0.29, 0.717) is 19.6 Å². The summed E-state index contributed by atoms with van der Waals surface area (Å²) in [5.41, 5.74) is 2.00. The third kappa shape index (κ3) is 6.06. The zero-order valence-corrected chi connectivity index (χ0v) is 18.7. The Morgan fingerprint density at radius 1 is 0.906 bits per heavy atom. The van der Waals surface area contributed by atoms with Gasteiger partial charge in [0.1, 0.15) is 12.4 Å². The number of aromatic nitrogens is 1. The highest BCUT2D eigenvalue weighted by molar-refractivity contribution is 5.96. The number of carbonyl (C=O) groups excluding carboxylic acids is 2. The van der Waals surface area contributed by atoms with Crippen LogP contribution < -0.4 is 0 Å². The number of nitrogens with zero attached hydrogens (tertiary/aromatic N) is 3. The molecule has 0 saturated carbocycles. The summed E-state index contributed by atoms with van der Waals surface area (Å²) in [6.07, 6.45) is 3.55. The zero-order valence-electron chi connectivity index (χ0n) is 18.7. The molecule has 0 atom stereocenters. The van der Waals surface area contributed by atoms with Crippen LogP contribution in [0.3, 0.4) is 0 Å². The second kappa shape index (κ2) is 11.3. The summed E-state index contributed by atoms with van der Waals surface area (Å²) in [4.78, 5) is 29.7. The van der Waals surface area contributed by atoms with Gasteiger partial charge in [-0.15, -0.1) is 0 Å². The molecule has 0 unspecified atom stereocenters. The quantitative estimate of drug-likeness (QED) is 0.466. The second-order valence-corrected chi connectivity index (χ2v) is 7.91. The maximum absolute atomic E-state index is 14.3. The minimum Gasteiger partial charge on any atom is -0.353 e. The molecule has 0 aliphatic rings. The summed E-state index contributed by atoms with van der Waals surface area (Å²) < 4.78 is 16.2. The van der Waals surface area contributed by atoms with Crippen molar-refractivity contribution in [3.8, 4) is 0 Å². The second-order valence-electron chi connectivity index (χ2n) is 7.91. The van der Waals surface area contributed by atoms with Gasteiger partial charge in [-0.05, 0) is 36.2 Å². The summed E-state index contributed by atoms with van der Waals surface area (Å²) in [5, 5.41) is 0. The highest BCUT2D eigenvalue weighted by atomic mass is 19.1. The van der Waals surface area contributed by atoms with Gasteiger partial charge in [0.25, 0.3) is 5.91 Å². The van der Waals surface area contributed by atoms with Crippen LogP contribution in [0.1, 0.15) is 41.4 Å². The molecule has 0 saturated heterocycles. The molecule has 1 heterocycles. The highest BCUT2D eigenvalue weighted by Gasteiger charge is 2.24. The molecule has 1 aromatic heterocycles. The standard InChI is InChI=1S/C26H30FN3O2/c1-3-4-17-29(26(32)23-14-8-9-15-24(23)27)20-25(31)30(18-21-11-6-5-7-12-21)19-22-13-10-16-28(22)2/h5-16H,3-4,17-20H2,1-2H3. The number of carbonyl (C=O) groups is 2. The van der Waals surface area contributed by atoms with Crippen LogP contribution in [-0.2, 0) is 24.9 Å². The third-order valence-corrected chi connectivity index (χ3v) is 5.47. The summed E-state index contributed by atoms with van der Waals surface area (Å²) in [6.45, 7) is 3.18. The fourth-order valence-corrected chi connectivity index (χ4v) is 3.56. The Bertz CT molecular complexity index is 1030. The van der Waals surface area contributed by atoms with Crippen LogP contribution in [0.25, 0.3) is 0 Å². The van der Waals surface area contributed by atoms with Crippen molar-refractivity contribution in [2.75, 3.05) is 13.1 Å². The van der Waals surface area contributed by atoms with Gasteiger partial charge in [0, 0.05) is 32.0 Å². The van der Waals surface area contributed by atoms with Gasteiger partial charge >= 0.3 is 0 Å². The van der Waals surface area contributed by atoms with Crippen LogP contribution in [0, 0.1) is 5.82 Å². The van der Waals surface area contributed by atoms with Gasteiger partial charge in [0.2, 0.25) is 5.91 Å². The van der Waals surface area contributed by atoms with Crippen molar-refractivity contribution >= 4 is 11.8 Å². The molecule has 0 aliphatic carbocycles. The van der Waals surface area contributed by atoms with Crippen LogP contribution in [0.4, 0.5) is 4.39 Å². The Morgan fingerprint density at radius 3 is 2.28 bits per heavy atom. The first-order valence-electron chi connectivity index (χ1n) is 10.9. The van der Waals surface area contributed by atoms with E-state index in [2.05, 4.69) is 0 Å². The average molecular weight is 436 g/mol. The number of hydrogen-bond acceptors (Lipinski definition) is 2. The molecular weight excluding hydrogens is 405 g/mol. The minimum absolute atomic E-state index is 0.00607. The Morgan fingerprint density at radius 2 is 1.62 bits per heavy atom. The molecule has 0 fully saturated rings. The minimum atomic E-state index is -0.573. The molecule has 5 nitrogen and oxygen atoms in total. The molecule has 0 N–H and O–H groups in total. The van der Waals surface area contributed by atoms with Gasteiger partial charge in [-0.25, -0.2) is 4.39 Å². The van der Waals surface area contributed by atoms with E-state index < -0.39 is 11.7 Å². The average Bonchev–Trinajstić information content (AvgIpc) is 3.21. The lowest BCUT2D eigenvalue weighted by molar-refractivity contribution is -0.133. The third-order valence-electron chi connectivity index (χ3n) is 5.47. The Hall–Kier alpha value is -3.41. The molecule has 3 rings (SSSR count). The van der Waals surface area contributed by atoms with Crippen molar-refractivity contribution < 1.29 is 14.0 Å². The monoisotopic (exact) mass is 435 g/mol. The van der Waals surface area contributed by atoms with Crippen molar-refractivity contribution in [3.63, 3.8) is 0 Å². The van der Waals surface area contributed by atoms with Crippen LogP contribution in [0.15, 0.2) is 72.9 Å². The van der Waals surface area contributed by atoms with E-state index in [1.165, 1.54) is 17.0 Å². The van der Waals surface area contributed by atoms with Crippen molar-refractivity contribution in [1.82, 2.24) is 14.4 Å². The Balaban J connectivity index is 1.82. The molecule has 3 aromatic rings. The smallest absolute Gasteiger partial charge is 0.257 e. The number of halogens is 1. The molecule has 168 valence electrons. The summed E-state index contributed by atoms with van der Waals surface area (Å²) in [7, 11) is 1.94. The predicted octanol–water partition coefficient (Wildman–Crippen LogP) is 4.64. The molecule has 0 bridgehead atoms. The van der Waals surface area contributed by atoms with Gasteiger partial charge in [0.05, 0.1) is 12.1 Å². The Labute approximate surface area is 189 Å². The lowest BCUT2D eigenvalue weighted by atomic mass is 10.1. The fraction of sp³-hybridized carbons (Fsp3) is 0.308. The van der Waals surface area contributed by atoms with E-state index in [0.717, 1.165) is 24.1 Å². The summed E-state index contributed by atoms with van der Waals surface area (Å²) in [5.74, 6) is -1.20. The number of benzene rings is 2. The molecule has 0 radical (unpaired) electrons. The van der Waals surface area contributed by atoms with Gasteiger partial charge in [0.15, 0.2) is 0 Å². The summed E-state index contributed by atoms with van der Waals surface area (Å²) in [6, 6.07) is 19.6. The van der Waals surface area contributed by atoms with E-state index >= 15 is 0 Å². The lowest BCUT2D eigenvalue weighted by Gasteiger charge is -2.28. The normalized spacial score (nSPS) is 10.7. The van der Waals surface area contributed by atoms with Crippen molar-refractivity contribution in [1.29, 1.82) is 0 Å². The van der Waals surface area contributed by atoms with Gasteiger partial charge in [-0.3, -0.25) is 9.59 Å². The van der Waals surface area contributed by atoms with E-state index in [9.17, 15) is 14.0 Å². The maximum atomic E-state index is 14.3. The summed E-state index contributed by atoms with van der Waals surface area (Å²) >= 11 is 0. The van der Waals surface area contributed by atoms with Crippen LogP contribution in [-0.4, -0.2) is 39.3 Å². The molecule has 0 spiro atoms. The van der Waals surface area contributed by atoms with Crippen LogP contribution in [0.2, 0.25) is 0 Å². The van der Waals surface area contributed by atoms with Crippen LogP contribution in [0.5, 0.6) is 0 Å². The van der Waals surface area contributed by atoms with E-state index in [4.69, 9.17) is 0 Å². The van der Waals surface area contributed by atoms with E-state index in [1.807, 2.05) is 67.2 Å². The first-order valence-corrected chi connectivity index (χ1v) is 10.9. The topological polar surface area (TPSA) is 45.6 Å². The lowest BCUT2D eigenvalue weighted by Crippen LogP contribution is -2.43. The van der Waals surface area contributed by atoms with Crippen LogP contribution >= 0.6 is 0 Å². The fourth-order valence-electron chi connectivity index (χ4n) is 3.56. The molecule has 32 heavy (non-hydrogen) atoms. The number of aryl methyl sites for hydroxylation is 1. The molecule has 0 aliphatic heterocycles. The SMILES string of the molecule is CCCCN(CC(=O)N(Cc1ccccc1)Cc1cccn1C)C(=O)c1ccccc1F. The molecule has 2 amide bonds. The molecule has 6 heteroatoms. The maximum Gasteiger partial charge on any atom is 0.257 e. The van der Waals surface area contributed by atoms with E-state index in [-0.39, 0.29) is 18.0 Å². The molecular formula is C26H30FN3O2. The number of rotatable bonds is 10. The molecule has 2 aromatic carbocycles. The number of unbranched alkanes of at least 4 members (excludes halogenated alkanes) is 1. The Kier molecular flexibility index (Phi) is 8.20. The predicted molar refractivity (Wildman–Crippen MR) is 123 cm³/mol. The van der Waals surface area contributed by atoms with Crippen molar-refractivity contribution in [2.24, 2.45) is 7.05 Å². The first kappa shape index (κ1) is 23.3. The highest BCUT2D eigenvalue weighted by Crippen LogP contribution is 2.14. The van der Waals surface area contributed by atoms with E-state index in [1.54, 1.807) is 17.0 Å². The first-order chi connectivity index (χ1) is 15.5. The van der Waals surface area contributed by atoms with Gasteiger partial charge in [-0.2, -0.15) is 0 Å². The number of hydrogen-bond donors (Lipinski definition) is 0. The van der Waals surface area contributed by atoms with Gasteiger partial charge in [-0.1, -0.05) is 55.8 Å². The van der Waals surface area contributed by atoms with Crippen molar-refractivity contribution in [3.05, 3.63) is 95.6 Å². The van der Waals surface area contributed by atoms with Gasteiger partial charge < -0.3 is 14.4 Å². The van der Waals surface area contributed by atoms with Crippen molar-refractivity contribution in [2.45, 2.75) is 32.9 Å². The number of amides is 2. The largest absolute Gasteiger partial charge is 0.353 e.